The van der Waals surface area contributed by atoms with E-state index in [1.807, 2.05) is 24.3 Å². The predicted octanol–water partition coefficient (Wildman–Crippen LogP) is 3.80. The van der Waals surface area contributed by atoms with Gasteiger partial charge in [-0.2, -0.15) is 5.10 Å². The first-order valence-corrected chi connectivity index (χ1v) is 8.07. The van der Waals surface area contributed by atoms with Gasteiger partial charge in [-0.25, -0.2) is 4.98 Å². The number of nitrogens with one attached hydrogen (secondary N) is 2. The van der Waals surface area contributed by atoms with Crippen LogP contribution in [0.4, 0.5) is 11.4 Å². The van der Waals surface area contributed by atoms with Crippen LogP contribution in [0.1, 0.15) is 5.82 Å². The van der Waals surface area contributed by atoms with Gasteiger partial charge in [0.05, 0.1) is 4.92 Å². The highest BCUT2D eigenvalue weighted by molar-refractivity contribution is 9.10. The monoisotopic (exact) mass is 387 g/mol. The van der Waals surface area contributed by atoms with Crippen LogP contribution in [-0.2, 0) is 6.42 Å². The topological polar surface area (TPSA) is 96.7 Å². The van der Waals surface area contributed by atoms with Crippen LogP contribution >= 0.6 is 15.9 Å². The third-order valence-corrected chi connectivity index (χ3v) is 3.93. The molecule has 1 heterocycles. The molecule has 1 aromatic heterocycles. The zero-order valence-electron chi connectivity index (χ0n) is 12.6. The van der Waals surface area contributed by atoms with Crippen LogP contribution in [0.15, 0.2) is 53.0 Å². The Morgan fingerprint density at radius 3 is 2.50 bits per heavy atom. The van der Waals surface area contributed by atoms with Crippen LogP contribution in [0.3, 0.4) is 0 Å². The number of nitro benzene ring substituents is 1. The molecule has 0 aliphatic heterocycles. The Balaban J connectivity index is 1.59. The van der Waals surface area contributed by atoms with E-state index >= 15 is 0 Å². The zero-order chi connectivity index (χ0) is 16.9. The van der Waals surface area contributed by atoms with Crippen molar-refractivity contribution in [2.24, 2.45) is 0 Å². The number of nitrogens with zero attached hydrogens (tertiary/aromatic N) is 3. The van der Waals surface area contributed by atoms with Crippen molar-refractivity contribution in [3.63, 3.8) is 0 Å². The summed E-state index contributed by atoms with van der Waals surface area (Å²) in [6.07, 6.45) is 0.691. The highest BCUT2D eigenvalue weighted by atomic mass is 79.9. The van der Waals surface area contributed by atoms with Crippen molar-refractivity contribution >= 4 is 27.3 Å². The Kier molecular flexibility index (Phi) is 4.85. The highest BCUT2D eigenvalue weighted by Crippen LogP contribution is 2.19. The normalized spacial score (nSPS) is 10.5. The summed E-state index contributed by atoms with van der Waals surface area (Å²) in [4.78, 5) is 14.7. The molecule has 8 heteroatoms. The molecule has 7 nitrogen and oxygen atoms in total. The zero-order valence-corrected chi connectivity index (χ0v) is 14.2. The van der Waals surface area contributed by atoms with Crippen molar-refractivity contribution in [2.45, 2.75) is 6.42 Å². The molecule has 0 atom stereocenters. The summed E-state index contributed by atoms with van der Waals surface area (Å²) >= 11 is 3.40. The number of aromatic amines is 1. The Morgan fingerprint density at radius 1 is 1.12 bits per heavy atom. The molecule has 0 bridgehead atoms. The lowest BCUT2D eigenvalue weighted by atomic mass is 10.2. The van der Waals surface area contributed by atoms with Gasteiger partial charge in [0.2, 0.25) is 0 Å². The number of anilines is 1. The summed E-state index contributed by atoms with van der Waals surface area (Å²) in [5, 5.41) is 21.0. The Hall–Kier alpha value is -2.74. The second kappa shape index (κ2) is 7.22. The van der Waals surface area contributed by atoms with Gasteiger partial charge in [0.1, 0.15) is 5.82 Å². The van der Waals surface area contributed by atoms with Crippen molar-refractivity contribution in [2.75, 3.05) is 11.9 Å². The van der Waals surface area contributed by atoms with E-state index in [4.69, 9.17) is 0 Å². The standard InChI is InChI=1S/C16H14BrN5O2/c17-12-3-5-13(6-4-12)18-10-9-15-19-16(21-20-15)11-1-7-14(8-2-11)22(23)24/h1-8,18H,9-10H2,(H,19,20,21). The quantitative estimate of drug-likeness (QED) is 0.495. The van der Waals surface area contributed by atoms with Crippen molar-refractivity contribution in [3.05, 3.63) is 68.9 Å². The molecule has 3 rings (SSSR count). The van der Waals surface area contributed by atoms with Gasteiger partial charge >= 0.3 is 0 Å². The van der Waals surface area contributed by atoms with Crippen LogP contribution < -0.4 is 5.32 Å². The van der Waals surface area contributed by atoms with Gasteiger partial charge in [0.15, 0.2) is 5.82 Å². The number of halogens is 1. The number of non-ortho nitro benzene ring substituents is 1. The van der Waals surface area contributed by atoms with Crippen LogP contribution in [0.2, 0.25) is 0 Å². The molecule has 2 aromatic carbocycles. The number of H-pyrrole nitrogens is 1. The smallest absolute Gasteiger partial charge is 0.269 e. The average molecular weight is 388 g/mol. The molecule has 0 amide bonds. The van der Waals surface area contributed by atoms with Gasteiger partial charge in [-0.1, -0.05) is 15.9 Å². The van der Waals surface area contributed by atoms with Gasteiger partial charge in [-0.3, -0.25) is 15.2 Å². The third-order valence-electron chi connectivity index (χ3n) is 3.40. The van der Waals surface area contributed by atoms with E-state index in [2.05, 4.69) is 36.4 Å². The Morgan fingerprint density at radius 2 is 1.83 bits per heavy atom. The largest absolute Gasteiger partial charge is 0.385 e. The number of nitro groups is 1. The maximum absolute atomic E-state index is 10.7. The molecule has 122 valence electrons. The lowest BCUT2D eigenvalue weighted by Crippen LogP contribution is -2.05. The first kappa shape index (κ1) is 16.1. The summed E-state index contributed by atoms with van der Waals surface area (Å²) in [6, 6.07) is 14.1. The van der Waals surface area contributed by atoms with Gasteiger partial charge in [-0.05, 0) is 36.4 Å². The fraction of sp³-hybridized carbons (Fsp3) is 0.125. The molecule has 0 fully saturated rings. The summed E-state index contributed by atoms with van der Waals surface area (Å²) in [6.45, 7) is 0.719. The van der Waals surface area contributed by atoms with Crippen LogP contribution in [0.5, 0.6) is 0 Å². The van der Waals surface area contributed by atoms with Crippen molar-refractivity contribution < 1.29 is 4.92 Å². The molecule has 0 unspecified atom stereocenters. The van der Waals surface area contributed by atoms with E-state index in [0.29, 0.717) is 12.2 Å². The Labute approximate surface area is 146 Å². The van der Waals surface area contributed by atoms with Gasteiger partial charge < -0.3 is 5.32 Å². The molecule has 0 saturated heterocycles. The first-order chi connectivity index (χ1) is 11.6. The molecular formula is C16H14BrN5O2. The summed E-state index contributed by atoms with van der Waals surface area (Å²) < 4.78 is 1.04. The SMILES string of the molecule is O=[N+]([O-])c1ccc(-c2n[nH]c(CCNc3ccc(Br)cc3)n2)cc1. The average Bonchev–Trinajstić information content (AvgIpc) is 3.06. The highest BCUT2D eigenvalue weighted by Gasteiger charge is 2.09. The van der Waals surface area contributed by atoms with E-state index in [1.165, 1.54) is 12.1 Å². The van der Waals surface area contributed by atoms with Crippen LogP contribution in [0, 0.1) is 10.1 Å². The van der Waals surface area contributed by atoms with E-state index < -0.39 is 4.92 Å². The van der Waals surface area contributed by atoms with E-state index in [1.54, 1.807) is 12.1 Å². The number of hydrogen-bond donors (Lipinski definition) is 2. The lowest BCUT2D eigenvalue weighted by molar-refractivity contribution is -0.384. The molecule has 0 saturated carbocycles. The fourth-order valence-electron chi connectivity index (χ4n) is 2.16. The summed E-state index contributed by atoms with van der Waals surface area (Å²) in [7, 11) is 0. The van der Waals surface area contributed by atoms with Gasteiger partial charge in [0.25, 0.3) is 5.69 Å². The third kappa shape index (κ3) is 3.96. The molecule has 0 radical (unpaired) electrons. The number of benzene rings is 2. The number of rotatable bonds is 6. The molecular weight excluding hydrogens is 374 g/mol. The minimum Gasteiger partial charge on any atom is -0.385 e. The summed E-state index contributed by atoms with van der Waals surface area (Å²) in [5.41, 5.74) is 1.82. The van der Waals surface area contributed by atoms with Gasteiger partial charge in [0, 0.05) is 40.8 Å². The molecule has 2 N–H and O–H groups in total. The number of hydrogen-bond acceptors (Lipinski definition) is 5. The molecule has 3 aromatic rings. The van der Waals surface area contributed by atoms with Crippen LogP contribution in [-0.4, -0.2) is 26.6 Å². The molecule has 0 spiro atoms. The first-order valence-electron chi connectivity index (χ1n) is 7.27. The number of aromatic nitrogens is 3. The Bertz CT molecular complexity index is 830. The molecule has 0 aliphatic rings. The molecule has 0 aliphatic carbocycles. The van der Waals surface area contributed by atoms with E-state index in [-0.39, 0.29) is 5.69 Å². The minimum absolute atomic E-state index is 0.0493. The van der Waals surface area contributed by atoms with Gasteiger partial charge in [-0.15, -0.1) is 0 Å². The minimum atomic E-state index is -0.430. The maximum atomic E-state index is 10.7. The second-order valence-electron chi connectivity index (χ2n) is 5.09. The van der Waals surface area contributed by atoms with E-state index in [9.17, 15) is 10.1 Å². The van der Waals surface area contributed by atoms with Crippen LogP contribution in [0.25, 0.3) is 11.4 Å². The van der Waals surface area contributed by atoms with Crippen molar-refractivity contribution in [1.82, 2.24) is 15.2 Å². The lowest BCUT2D eigenvalue weighted by Gasteiger charge is -2.04. The summed E-state index contributed by atoms with van der Waals surface area (Å²) in [5.74, 6) is 1.29. The second-order valence-corrected chi connectivity index (χ2v) is 6.01. The maximum Gasteiger partial charge on any atom is 0.269 e. The van der Waals surface area contributed by atoms with E-state index in [0.717, 1.165) is 28.1 Å². The van der Waals surface area contributed by atoms with Crippen molar-refractivity contribution in [3.8, 4) is 11.4 Å². The predicted molar refractivity (Wildman–Crippen MR) is 94.8 cm³/mol. The molecule has 24 heavy (non-hydrogen) atoms. The fourth-order valence-corrected chi connectivity index (χ4v) is 2.43. The van der Waals surface area contributed by atoms with Crippen molar-refractivity contribution in [1.29, 1.82) is 0 Å².